The second kappa shape index (κ2) is 8.16. The summed E-state index contributed by atoms with van der Waals surface area (Å²) in [6.07, 6.45) is 2.60. The number of carbonyl (C=O) groups is 1. The average Bonchev–Trinajstić information content (AvgIpc) is 3.17. The molecule has 0 spiro atoms. The molecule has 0 aliphatic heterocycles. The Morgan fingerprint density at radius 3 is 2.67 bits per heavy atom. The molecular weight excluding hydrogens is 389 g/mol. The largest absolute Gasteiger partial charge is 0.508 e. The van der Waals surface area contributed by atoms with Gasteiger partial charge in [0.2, 0.25) is 0 Å². The van der Waals surface area contributed by atoms with E-state index in [4.69, 9.17) is 4.74 Å². The number of rotatable bonds is 7. The van der Waals surface area contributed by atoms with E-state index in [2.05, 4.69) is 16.8 Å². The number of aliphatic hydroxyl groups is 1. The highest BCUT2D eigenvalue weighted by Gasteiger charge is 2.38. The van der Waals surface area contributed by atoms with Gasteiger partial charge in [-0.1, -0.05) is 18.7 Å². The molecule has 1 aliphatic carbocycles. The number of hydrogen-bond acceptors (Lipinski definition) is 5. The fraction of sp³-hybridized carbons (Fsp3) is 0.273. The SMILES string of the molecule is C=C(F)C(=O)N(CCO)[C@H]1C[C@H](Oc2cc(-c3ccc(O)cc3)cc3[nH]ncc23)C1. The molecule has 30 heavy (non-hydrogen) atoms. The van der Waals surface area contributed by atoms with Crippen LogP contribution in [0.4, 0.5) is 4.39 Å². The van der Waals surface area contributed by atoms with E-state index in [0.29, 0.717) is 18.6 Å². The average molecular weight is 411 g/mol. The summed E-state index contributed by atoms with van der Waals surface area (Å²) in [4.78, 5) is 13.3. The number of aromatic nitrogens is 2. The van der Waals surface area contributed by atoms with Crippen LogP contribution in [0, 0.1) is 0 Å². The van der Waals surface area contributed by atoms with Crippen LogP contribution in [0.3, 0.4) is 0 Å². The van der Waals surface area contributed by atoms with Crippen molar-refractivity contribution in [2.24, 2.45) is 0 Å². The number of halogens is 1. The zero-order chi connectivity index (χ0) is 21.3. The molecule has 0 radical (unpaired) electrons. The number of phenolic OH excluding ortho intramolecular Hbond substituents is 1. The van der Waals surface area contributed by atoms with Gasteiger partial charge in [-0.25, -0.2) is 4.39 Å². The Hall–Kier alpha value is -3.39. The molecule has 1 amide bonds. The maximum absolute atomic E-state index is 13.3. The third kappa shape index (κ3) is 3.86. The first-order valence-electron chi connectivity index (χ1n) is 9.65. The second-order valence-electron chi connectivity index (χ2n) is 7.34. The molecule has 1 heterocycles. The molecule has 2 aromatic carbocycles. The van der Waals surface area contributed by atoms with Crippen LogP contribution in [0.25, 0.3) is 22.0 Å². The molecule has 0 saturated heterocycles. The number of H-pyrrole nitrogens is 1. The highest BCUT2D eigenvalue weighted by molar-refractivity contribution is 5.91. The molecule has 1 aromatic heterocycles. The van der Waals surface area contributed by atoms with E-state index < -0.39 is 11.7 Å². The van der Waals surface area contributed by atoms with Crippen molar-refractivity contribution < 1.29 is 24.1 Å². The highest BCUT2D eigenvalue weighted by Crippen LogP contribution is 2.36. The van der Waals surface area contributed by atoms with E-state index in [1.807, 2.05) is 24.3 Å². The van der Waals surface area contributed by atoms with Crippen LogP contribution >= 0.6 is 0 Å². The Labute approximate surface area is 172 Å². The monoisotopic (exact) mass is 411 g/mol. The van der Waals surface area contributed by atoms with Crippen LogP contribution in [0.2, 0.25) is 0 Å². The van der Waals surface area contributed by atoms with Gasteiger partial charge in [-0.2, -0.15) is 5.10 Å². The molecule has 8 heteroatoms. The Morgan fingerprint density at radius 1 is 1.27 bits per heavy atom. The first-order valence-corrected chi connectivity index (χ1v) is 9.65. The third-order valence-electron chi connectivity index (χ3n) is 5.36. The number of nitrogens with one attached hydrogen (secondary N) is 1. The lowest BCUT2D eigenvalue weighted by Gasteiger charge is -2.42. The maximum atomic E-state index is 13.3. The van der Waals surface area contributed by atoms with Gasteiger partial charge >= 0.3 is 0 Å². The van der Waals surface area contributed by atoms with Crippen molar-refractivity contribution in [3.63, 3.8) is 0 Å². The minimum Gasteiger partial charge on any atom is -0.508 e. The van der Waals surface area contributed by atoms with Crippen LogP contribution < -0.4 is 4.74 Å². The zero-order valence-corrected chi connectivity index (χ0v) is 16.2. The summed E-state index contributed by atoms with van der Waals surface area (Å²) in [7, 11) is 0. The lowest BCUT2D eigenvalue weighted by molar-refractivity contribution is -0.135. The smallest absolute Gasteiger partial charge is 0.282 e. The maximum Gasteiger partial charge on any atom is 0.282 e. The van der Waals surface area contributed by atoms with E-state index in [1.165, 1.54) is 4.90 Å². The van der Waals surface area contributed by atoms with Crippen molar-refractivity contribution in [1.29, 1.82) is 0 Å². The number of phenols is 1. The summed E-state index contributed by atoms with van der Waals surface area (Å²) in [5, 5.41) is 26.6. The van der Waals surface area contributed by atoms with Gasteiger partial charge in [-0.3, -0.25) is 9.89 Å². The van der Waals surface area contributed by atoms with Crippen LogP contribution in [0.1, 0.15) is 12.8 Å². The van der Waals surface area contributed by atoms with Crippen LogP contribution in [-0.4, -0.2) is 56.5 Å². The molecule has 3 aromatic rings. The number of fused-ring (bicyclic) bond motifs is 1. The lowest BCUT2D eigenvalue weighted by atomic mass is 9.87. The van der Waals surface area contributed by atoms with Crippen molar-refractivity contribution in [1.82, 2.24) is 15.1 Å². The highest BCUT2D eigenvalue weighted by atomic mass is 19.1. The predicted molar refractivity (Wildman–Crippen MR) is 110 cm³/mol. The van der Waals surface area contributed by atoms with E-state index >= 15 is 0 Å². The Bertz CT molecular complexity index is 1070. The Morgan fingerprint density at radius 2 is 2.00 bits per heavy atom. The molecule has 1 saturated carbocycles. The summed E-state index contributed by atoms with van der Waals surface area (Å²) >= 11 is 0. The van der Waals surface area contributed by atoms with E-state index in [-0.39, 0.29) is 31.0 Å². The normalized spacial score (nSPS) is 18.1. The van der Waals surface area contributed by atoms with Gasteiger partial charge in [0.05, 0.1) is 23.7 Å². The molecule has 156 valence electrons. The summed E-state index contributed by atoms with van der Waals surface area (Å²) in [5.74, 6) is -0.979. The fourth-order valence-electron chi connectivity index (χ4n) is 3.72. The fourth-order valence-corrected chi connectivity index (χ4v) is 3.72. The summed E-state index contributed by atoms with van der Waals surface area (Å²) < 4.78 is 19.5. The summed E-state index contributed by atoms with van der Waals surface area (Å²) in [6.45, 7) is 2.87. The molecule has 3 N–H and O–H groups in total. The van der Waals surface area contributed by atoms with Crippen LogP contribution in [-0.2, 0) is 4.79 Å². The number of aromatic hydroxyl groups is 1. The summed E-state index contributed by atoms with van der Waals surface area (Å²) in [6, 6.07) is 10.5. The van der Waals surface area contributed by atoms with Gasteiger partial charge in [-0.15, -0.1) is 0 Å². The van der Waals surface area contributed by atoms with Gasteiger partial charge in [0.1, 0.15) is 17.6 Å². The molecule has 0 bridgehead atoms. The van der Waals surface area contributed by atoms with Gasteiger partial charge in [0.25, 0.3) is 5.91 Å². The van der Waals surface area contributed by atoms with Crippen molar-refractivity contribution in [2.75, 3.05) is 13.2 Å². The Kier molecular flexibility index (Phi) is 5.41. The van der Waals surface area contributed by atoms with Crippen molar-refractivity contribution in [3.8, 4) is 22.6 Å². The molecule has 0 atom stereocenters. The van der Waals surface area contributed by atoms with Crippen molar-refractivity contribution in [2.45, 2.75) is 25.0 Å². The predicted octanol–water partition coefficient (Wildman–Crippen LogP) is 3.15. The number of amides is 1. The van der Waals surface area contributed by atoms with Gasteiger partial charge in [-0.05, 0) is 35.4 Å². The quantitative estimate of drug-likeness (QED) is 0.519. The number of nitrogens with zero attached hydrogens (tertiary/aromatic N) is 2. The minimum absolute atomic E-state index is 0.0570. The first-order chi connectivity index (χ1) is 14.5. The van der Waals surface area contributed by atoms with E-state index in [1.54, 1.807) is 18.3 Å². The summed E-state index contributed by atoms with van der Waals surface area (Å²) in [5.41, 5.74) is 2.64. The number of ether oxygens (including phenoxy) is 1. The molecular formula is C22H22FN3O4. The van der Waals surface area contributed by atoms with E-state index in [9.17, 15) is 19.4 Å². The van der Waals surface area contributed by atoms with Crippen molar-refractivity contribution in [3.05, 3.63) is 55.0 Å². The van der Waals surface area contributed by atoms with Crippen LogP contribution in [0.5, 0.6) is 11.5 Å². The number of aliphatic hydroxyl groups excluding tert-OH is 1. The number of benzene rings is 2. The third-order valence-corrected chi connectivity index (χ3v) is 5.36. The van der Waals surface area contributed by atoms with Crippen LogP contribution in [0.15, 0.2) is 55.0 Å². The standard InChI is InChI=1S/C22H22FN3O4/c1-13(23)22(29)26(6-7-27)16-10-18(11-16)30-21-9-15(8-20-19(21)12-24-25-20)14-2-4-17(28)5-3-14/h2-5,8-9,12,16,18,27-28H,1,6-7,10-11H2,(H,24,25)/t16-,18-. The van der Waals surface area contributed by atoms with Gasteiger partial charge in [0, 0.05) is 25.4 Å². The van der Waals surface area contributed by atoms with Gasteiger partial charge < -0.3 is 19.8 Å². The number of aromatic amines is 1. The topological polar surface area (TPSA) is 98.7 Å². The molecule has 4 rings (SSSR count). The zero-order valence-electron chi connectivity index (χ0n) is 16.2. The van der Waals surface area contributed by atoms with Crippen molar-refractivity contribution >= 4 is 16.8 Å². The lowest BCUT2D eigenvalue weighted by Crippen LogP contribution is -2.52. The van der Waals surface area contributed by atoms with E-state index in [0.717, 1.165) is 22.0 Å². The second-order valence-corrected chi connectivity index (χ2v) is 7.34. The molecule has 1 fully saturated rings. The minimum atomic E-state index is -1.03. The first kappa shape index (κ1) is 19.9. The molecule has 0 unspecified atom stereocenters. The molecule has 1 aliphatic rings. The number of carbonyl (C=O) groups excluding carboxylic acids is 1. The van der Waals surface area contributed by atoms with Gasteiger partial charge in [0.15, 0.2) is 5.83 Å². The number of hydrogen-bond donors (Lipinski definition) is 3. The molecule has 7 nitrogen and oxygen atoms in total. The Balaban J connectivity index is 1.52.